The van der Waals surface area contributed by atoms with Gasteiger partial charge in [0.05, 0.1) is 5.69 Å². The Balaban J connectivity index is 1.96. The molecule has 0 bridgehead atoms. The van der Waals surface area contributed by atoms with Gasteiger partial charge in [0, 0.05) is 24.4 Å². The number of rotatable bonds is 4. The van der Waals surface area contributed by atoms with Crippen LogP contribution < -0.4 is 0 Å². The normalized spacial score (nSPS) is 11.1. The smallest absolute Gasteiger partial charge is 0.346 e. The van der Waals surface area contributed by atoms with Crippen molar-refractivity contribution in [3.8, 4) is 0 Å². The largest absolute Gasteiger partial charge is 0.477 e. The summed E-state index contributed by atoms with van der Waals surface area (Å²) in [5.41, 5.74) is 1.56. The molecule has 0 atom stereocenters. The molecule has 0 radical (unpaired) electrons. The lowest BCUT2D eigenvalue weighted by molar-refractivity contribution is 0.0701. The maximum absolute atomic E-state index is 11.2. The van der Waals surface area contributed by atoms with Crippen LogP contribution in [0.15, 0.2) is 17.6 Å². The third-order valence-electron chi connectivity index (χ3n) is 2.89. The fourth-order valence-electron chi connectivity index (χ4n) is 1.96. The predicted molar refractivity (Wildman–Crippen MR) is 79.7 cm³/mol. The summed E-state index contributed by atoms with van der Waals surface area (Å²) in [5.74, 6) is -0.308. The van der Waals surface area contributed by atoms with Crippen molar-refractivity contribution in [2.24, 2.45) is 7.05 Å². The summed E-state index contributed by atoms with van der Waals surface area (Å²) in [6.45, 7) is 1.79. The Bertz CT molecular complexity index is 826. The van der Waals surface area contributed by atoms with E-state index in [1.54, 1.807) is 11.6 Å². The van der Waals surface area contributed by atoms with Crippen molar-refractivity contribution >= 4 is 39.3 Å². The second-order valence-electron chi connectivity index (χ2n) is 4.39. The van der Waals surface area contributed by atoms with Crippen molar-refractivity contribution in [2.45, 2.75) is 17.7 Å². The van der Waals surface area contributed by atoms with E-state index in [4.69, 9.17) is 0 Å². The zero-order chi connectivity index (χ0) is 15.0. The van der Waals surface area contributed by atoms with E-state index in [1.807, 2.05) is 13.2 Å². The fraction of sp³-hybridized carbons (Fsp3) is 0.250. The minimum absolute atomic E-state index is 0.312. The van der Waals surface area contributed by atoms with Crippen molar-refractivity contribution in [1.29, 1.82) is 0 Å². The molecule has 0 unspecified atom stereocenters. The molecule has 0 aliphatic rings. The molecule has 0 amide bonds. The molecule has 0 spiro atoms. The van der Waals surface area contributed by atoms with E-state index in [2.05, 4.69) is 20.3 Å². The molecule has 21 heavy (non-hydrogen) atoms. The van der Waals surface area contributed by atoms with E-state index in [9.17, 15) is 9.90 Å². The van der Waals surface area contributed by atoms with Gasteiger partial charge in [0.1, 0.15) is 21.1 Å². The third kappa shape index (κ3) is 2.61. The Morgan fingerprint density at radius 1 is 1.48 bits per heavy atom. The van der Waals surface area contributed by atoms with Crippen LogP contribution in [0.3, 0.4) is 0 Å². The average Bonchev–Trinajstić information content (AvgIpc) is 3.01. The first kappa shape index (κ1) is 14.0. The number of carboxylic acid groups (broad SMARTS) is 1. The van der Waals surface area contributed by atoms with Crippen LogP contribution in [0.1, 0.15) is 20.9 Å². The molecule has 0 aromatic carbocycles. The molecule has 108 valence electrons. The SMILES string of the molecule is Cc1c(C(=O)O)sc2ncnc(SCc3cn(C)nn3)c12. The molecule has 3 rings (SSSR count). The van der Waals surface area contributed by atoms with E-state index in [-0.39, 0.29) is 0 Å². The van der Waals surface area contributed by atoms with Crippen LogP contribution in [-0.2, 0) is 12.8 Å². The van der Waals surface area contributed by atoms with Gasteiger partial charge in [-0.05, 0) is 12.5 Å². The van der Waals surface area contributed by atoms with E-state index >= 15 is 0 Å². The van der Waals surface area contributed by atoms with Crippen LogP contribution >= 0.6 is 23.1 Å². The van der Waals surface area contributed by atoms with Crippen molar-refractivity contribution in [3.63, 3.8) is 0 Å². The highest BCUT2D eigenvalue weighted by molar-refractivity contribution is 7.98. The molecule has 7 nitrogen and oxygen atoms in total. The van der Waals surface area contributed by atoms with Crippen molar-refractivity contribution < 1.29 is 9.90 Å². The van der Waals surface area contributed by atoms with Gasteiger partial charge < -0.3 is 5.11 Å². The number of thioether (sulfide) groups is 1. The van der Waals surface area contributed by atoms with Crippen LogP contribution in [-0.4, -0.2) is 36.0 Å². The summed E-state index contributed by atoms with van der Waals surface area (Å²) in [4.78, 5) is 20.7. The molecule has 0 aliphatic heterocycles. The second kappa shape index (κ2) is 5.41. The fourth-order valence-corrected chi connectivity index (χ4v) is 3.94. The lowest BCUT2D eigenvalue weighted by Gasteiger charge is -2.01. The summed E-state index contributed by atoms with van der Waals surface area (Å²) < 4.78 is 1.64. The molecule has 3 aromatic rings. The summed E-state index contributed by atoms with van der Waals surface area (Å²) in [6.07, 6.45) is 3.30. The Morgan fingerprint density at radius 2 is 2.29 bits per heavy atom. The molecule has 0 saturated carbocycles. The number of aryl methyl sites for hydroxylation is 2. The molecular formula is C12H11N5O2S2. The van der Waals surface area contributed by atoms with Crippen molar-refractivity contribution in [2.75, 3.05) is 0 Å². The van der Waals surface area contributed by atoms with Crippen molar-refractivity contribution in [3.05, 3.63) is 28.7 Å². The summed E-state index contributed by atoms with van der Waals surface area (Å²) in [5, 5.41) is 18.7. The summed E-state index contributed by atoms with van der Waals surface area (Å²) in [7, 11) is 1.81. The number of aromatic nitrogens is 5. The van der Waals surface area contributed by atoms with Gasteiger partial charge in [-0.3, -0.25) is 4.68 Å². The Labute approximate surface area is 128 Å². The Hall–Kier alpha value is -2.00. The number of aromatic carboxylic acids is 1. The third-order valence-corrected chi connectivity index (χ3v) is 5.10. The maximum Gasteiger partial charge on any atom is 0.346 e. The highest BCUT2D eigenvalue weighted by atomic mass is 32.2. The minimum Gasteiger partial charge on any atom is -0.477 e. The van der Waals surface area contributed by atoms with E-state index in [1.165, 1.54) is 29.4 Å². The Kier molecular flexibility index (Phi) is 3.60. The van der Waals surface area contributed by atoms with Crippen LogP contribution in [0, 0.1) is 6.92 Å². The zero-order valence-electron chi connectivity index (χ0n) is 11.3. The monoisotopic (exact) mass is 321 g/mol. The van der Waals surface area contributed by atoms with Gasteiger partial charge in [0.15, 0.2) is 0 Å². The van der Waals surface area contributed by atoms with Gasteiger partial charge in [-0.2, -0.15) is 0 Å². The predicted octanol–water partition coefficient (Wildman–Crippen LogP) is 2.12. The molecule has 3 aromatic heterocycles. The van der Waals surface area contributed by atoms with E-state index < -0.39 is 5.97 Å². The number of hydrogen-bond donors (Lipinski definition) is 1. The average molecular weight is 321 g/mol. The highest BCUT2D eigenvalue weighted by Crippen LogP contribution is 2.35. The lowest BCUT2D eigenvalue weighted by Crippen LogP contribution is -1.94. The highest BCUT2D eigenvalue weighted by Gasteiger charge is 2.18. The topological polar surface area (TPSA) is 93.8 Å². The van der Waals surface area contributed by atoms with Crippen LogP contribution in [0.2, 0.25) is 0 Å². The lowest BCUT2D eigenvalue weighted by atomic mass is 10.2. The first-order chi connectivity index (χ1) is 10.1. The number of hydrogen-bond acceptors (Lipinski definition) is 7. The number of carbonyl (C=O) groups is 1. The quantitative estimate of drug-likeness (QED) is 0.581. The van der Waals surface area contributed by atoms with Crippen molar-refractivity contribution in [1.82, 2.24) is 25.0 Å². The number of nitrogens with zero attached hydrogens (tertiary/aromatic N) is 5. The minimum atomic E-state index is -0.930. The number of thiophene rings is 1. The molecule has 0 aliphatic carbocycles. The molecule has 3 heterocycles. The molecule has 1 N–H and O–H groups in total. The first-order valence-electron chi connectivity index (χ1n) is 6.01. The van der Waals surface area contributed by atoms with Gasteiger partial charge in [-0.15, -0.1) is 16.4 Å². The van der Waals surface area contributed by atoms with Gasteiger partial charge >= 0.3 is 5.97 Å². The van der Waals surface area contributed by atoms with Crippen LogP contribution in [0.4, 0.5) is 0 Å². The van der Waals surface area contributed by atoms with Crippen LogP contribution in [0.5, 0.6) is 0 Å². The van der Waals surface area contributed by atoms with E-state index in [0.717, 1.165) is 16.1 Å². The number of carboxylic acids is 1. The summed E-state index contributed by atoms with van der Waals surface area (Å²) >= 11 is 2.68. The summed E-state index contributed by atoms with van der Waals surface area (Å²) in [6, 6.07) is 0. The molecular weight excluding hydrogens is 310 g/mol. The molecule has 0 saturated heterocycles. The number of fused-ring (bicyclic) bond motifs is 1. The van der Waals surface area contributed by atoms with Gasteiger partial charge in [-0.1, -0.05) is 17.0 Å². The van der Waals surface area contributed by atoms with Gasteiger partial charge in [0.2, 0.25) is 0 Å². The second-order valence-corrected chi connectivity index (χ2v) is 6.36. The standard InChI is InChI=1S/C12H11N5O2S2/c1-6-8-10(20-4-7-3-17(2)16-15-7)13-5-14-11(8)21-9(6)12(18)19/h3,5H,4H2,1-2H3,(H,18,19). The maximum atomic E-state index is 11.2. The zero-order valence-corrected chi connectivity index (χ0v) is 12.9. The Morgan fingerprint density at radius 3 is 2.95 bits per heavy atom. The molecule has 0 fully saturated rings. The van der Waals surface area contributed by atoms with Gasteiger partial charge in [-0.25, -0.2) is 14.8 Å². The first-order valence-corrected chi connectivity index (χ1v) is 7.82. The van der Waals surface area contributed by atoms with E-state index in [0.29, 0.717) is 21.0 Å². The van der Waals surface area contributed by atoms with Crippen LogP contribution in [0.25, 0.3) is 10.2 Å². The van der Waals surface area contributed by atoms with Gasteiger partial charge in [0.25, 0.3) is 0 Å². The molecule has 9 heteroatoms.